The SMILES string of the molecule is CCC(C)(C)C(=O)OC(C1CCCC1)C(C)(C)O.CCC(C)(C)C(=O)OCC(C)(C)O. The molecule has 184 valence electrons. The van der Waals surface area contributed by atoms with Crippen molar-refractivity contribution < 1.29 is 29.3 Å². The Morgan fingerprint density at radius 1 is 0.839 bits per heavy atom. The molecule has 0 spiro atoms. The van der Waals surface area contributed by atoms with E-state index in [0.717, 1.165) is 25.7 Å². The second-order valence-electron chi connectivity index (χ2n) is 11.4. The van der Waals surface area contributed by atoms with Gasteiger partial charge in [0.15, 0.2) is 0 Å². The van der Waals surface area contributed by atoms with Crippen molar-refractivity contribution in [3.8, 4) is 0 Å². The van der Waals surface area contributed by atoms with E-state index in [1.807, 2.05) is 41.5 Å². The lowest BCUT2D eigenvalue weighted by Crippen LogP contribution is -2.46. The first-order valence-corrected chi connectivity index (χ1v) is 11.7. The van der Waals surface area contributed by atoms with Crippen LogP contribution < -0.4 is 0 Å². The van der Waals surface area contributed by atoms with Crippen LogP contribution in [0.25, 0.3) is 0 Å². The van der Waals surface area contributed by atoms with Gasteiger partial charge in [-0.3, -0.25) is 9.59 Å². The molecule has 0 bridgehead atoms. The van der Waals surface area contributed by atoms with Crippen LogP contribution in [-0.2, 0) is 19.1 Å². The number of hydrogen-bond donors (Lipinski definition) is 2. The Morgan fingerprint density at radius 2 is 1.26 bits per heavy atom. The Kier molecular flexibility index (Phi) is 11.2. The summed E-state index contributed by atoms with van der Waals surface area (Å²) >= 11 is 0. The molecular weight excluding hydrogens is 396 g/mol. The number of esters is 2. The average Bonchev–Trinajstić information content (AvgIpc) is 3.16. The number of rotatable bonds is 9. The number of aliphatic hydroxyl groups is 2. The van der Waals surface area contributed by atoms with Crippen molar-refractivity contribution in [1.29, 1.82) is 0 Å². The quantitative estimate of drug-likeness (QED) is 0.484. The maximum atomic E-state index is 12.2. The first kappa shape index (κ1) is 29.9. The third kappa shape index (κ3) is 10.8. The summed E-state index contributed by atoms with van der Waals surface area (Å²) in [6.45, 7) is 18.1. The van der Waals surface area contributed by atoms with Crippen LogP contribution in [0.1, 0.15) is 108 Å². The molecule has 1 aliphatic rings. The highest BCUT2D eigenvalue weighted by Gasteiger charge is 2.41. The van der Waals surface area contributed by atoms with Crippen molar-refractivity contribution in [2.75, 3.05) is 6.61 Å². The lowest BCUT2D eigenvalue weighted by molar-refractivity contribution is -0.178. The van der Waals surface area contributed by atoms with Crippen LogP contribution in [0, 0.1) is 16.7 Å². The van der Waals surface area contributed by atoms with Crippen LogP contribution in [0.2, 0.25) is 0 Å². The zero-order chi connectivity index (χ0) is 24.7. The summed E-state index contributed by atoms with van der Waals surface area (Å²) in [5.41, 5.74) is -2.83. The number of ether oxygens (including phenoxy) is 2. The molecule has 2 N–H and O–H groups in total. The topological polar surface area (TPSA) is 93.1 Å². The lowest BCUT2D eigenvalue weighted by Gasteiger charge is -2.35. The first-order valence-electron chi connectivity index (χ1n) is 11.7. The molecule has 6 heteroatoms. The maximum Gasteiger partial charge on any atom is 0.311 e. The molecule has 0 aromatic carbocycles. The van der Waals surface area contributed by atoms with Gasteiger partial charge in [0, 0.05) is 0 Å². The van der Waals surface area contributed by atoms with Gasteiger partial charge >= 0.3 is 11.9 Å². The molecule has 0 aromatic rings. The van der Waals surface area contributed by atoms with Crippen LogP contribution in [0.4, 0.5) is 0 Å². The van der Waals surface area contributed by atoms with Crippen LogP contribution >= 0.6 is 0 Å². The van der Waals surface area contributed by atoms with Crippen molar-refractivity contribution in [2.45, 2.75) is 125 Å². The highest BCUT2D eigenvalue weighted by atomic mass is 16.6. The summed E-state index contributed by atoms with van der Waals surface area (Å²) in [6, 6.07) is 0. The van der Waals surface area contributed by atoms with Crippen molar-refractivity contribution in [1.82, 2.24) is 0 Å². The zero-order valence-electron chi connectivity index (χ0n) is 21.6. The highest BCUT2D eigenvalue weighted by molar-refractivity contribution is 5.76. The van der Waals surface area contributed by atoms with Crippen LogP contribution in [0.5, 0.6) is 0 Å². The summed E-state index contributed by atoms with van der Waals surface area (Å²) in [5.74, 6) is -0.136. The molecule has 1 saturated carbocycles. The van der Waals surface area contributed by atoms with Crippen LogP contribution in [-0.4, -0.2) is 46.1 Å². The van der Waals surface area contributed by atoms with Gasteiger partial charge in [-0.15, -0.1) is 0 Å². The van der Waals surface area contributed by atoms with Gasteiger partial charge in [-0.05, 0) is 87.0 Å². The monoisotopic (exact) mass is 444 g/mol. The Morgan fingerprint density at radius 3 is 1.61 bits per heavy atom. The standard InChI is InChI=1S/C15H28O3.C10H20O3/c1-6-14(2,3)13(16)18-12(15(4,5)17)11-9-7-8-10-11;1-6-9(2,3)8(11)13-7-10(4,5)12/h11-12,17H,6-10H2,1-5H3;12H,6-7H2,1-5H3. The normalized spacial score (nSPS) is 16.9. The molecule has 1 aliphatic carbocycles. The van der Waals surface area contributed by atoms with E-state index in [9.17, 15) is 19.8 Å². The third-order valence-electron chi connectivity index (χ3n) is 6.19. The third-order valence-corrected chi connectivity index (χ3v) is 6.19. The minimum absolute atomic E-state index is 0.0509. The van der Waals surface area contributed by atoms with Gasteiger partial charge < -0.3 is 19.7 Å². The molecular formula is C25H48O6. The number of carbonyl (C=O) groups is 2. The average molecular weight is 445 g/mol. The largest absolute Gasteiger partial charge is 0.462 e. The minimum Gasteiger partial charge on any atom is -0.462 e. The fourth-order valence-electron chi connectivity index (χ4n) is 3.08. The van der Waals surface area contributed by atoms with Gasteiger partial charge in [-0.2, -0.15) is 0 Å². The van der Waals surface area contributed by atoms with Gasteiger partial charge in [-0.1, -0.05) is 26.7 Å². The molecule has 1 fully saturated rings. The molecule has 0 radical (unpaired) electrons. The predicted molar refractivity (Wildman–Crippen MR) is 124 cm³/mol. The van der Waals surface area contributed by atoms with Crippen molar-refractivity contribution in [2.24, 2.45) is 16.7 Å². The van der Waals surface area contributed by atoms with E-state index in [4.69, 9.17) is 9.47 Å². The predicted octanol–water partition coefficient (Wildman–Crippen LogP) is 5.03. The molecule has 0 heterocycles. The Labute approximate surface area is 190 Å². The summed E-state index contributed by atoms with van der Waals surface area (Å²) in [5, 5.41) is 19.6. The fourth-order valence-corrected chi connectivity index (χ4v) is 3.08. The minimum atomic E-state index is -0.964. The fraction of sp³-hybridized carbons (Fsp3) is 0.920. The molecule has 0 saturated heterocycles. The van der Waals surface area contributed by atoms with E-state index in [-0.39, 0.29) is 24.6 Å². The van der Waals surface area contributed by atoms with Crippen LogP contribution in [0.15, 0.2) is 0 Å². The number of carbonyl (C=O) groups excluding carboxylic acids is 2. The van der Waals surface area contributed by atoms with E-state index < -0.39 is 22.0 Å². The second kappa shape index (κ2) is 11.6. The van der Waals surface area contributed by atoms with Crippen molar-refractivity contribution >= 4 is 11.9 Å². The molecule has 1 unspecified atom stereocenters. The summed E-state index contributed by atoms with van der Waals surface area (Å²) in [6.07, 6.45) is 5.55. The molecule has 0 amide bonds. The number of hydrogen-bond acceptors (Lipinski definition) is 6. The summed E-state index contributed by atoms with van der Waals surface area (Å²) < 4.78 is 10.6. The summed E-state index contributed by atoms with van der Waals surface area (Å²) in [7, 11) is 0. The van der Waals surface area contributed by atoms with E-state index >= 15 is 0 Å². The maximum absolute atomic E-state index is 12.2. The van der Waals surface area contributed by atoms with Gasteiger partial charge in [0.25, 0.3) is 0 Å². The van der Waals surface area contributed by atoms with Gasteiger partial charge in [-0.25, -0.2) is 0 Å². The van der Waals surface area contributed by atoms with Crippen molar-refractivity contribution in [3.63, 3.8) is 0 Å². The molecule has 1 rings (SSSR count). The second-order valence-corrected chi connectivity index (χ2v) is 11.4. The first-order chi connectivity index (χ1) is 13.9. The molecule has 0 aromatic heterocycles. The Hall–Kier alpha value is -1.14. The lowest BCUT2D eigenvalue weighted by atomic mass is 9.86. The Balaban J connectivity index is 0.000000615. The Bertz CT molecular complexity index is 560. The van der Waals surface area contributed by atoms with Gasteiger partial charge in [0.05, 0.1) is 22.0 Å². The van der Waals surface area contributed by atoms with Crippen molar-refractivity contribution in [3.05, 3.63) is 0 Å². The molecule has 31 heavy (non-hydrogen) atoms. The van der Waals surface area contributed by atoms with Gasteiger partial charge in [0.1, 0.15) is 12.7 Å². The van der Waals surface area contributed by atoms with E-state index in [1.54, 1.807) is 27.7 Å². The van der Waals surface area contributed by atoms with E-state index in [0.29, 0.717) is 5.92 Å². The molecule has 0 aliphatic heterocycles. The van der Waals surface area contributed by atoms with Crippen LogP contribution in [0.3, 0.4) is 0 Å². The highest BCUT2D eigenvalue weighted by Crippen LogP contribution is 2.36. The van der Waals surface area contributed by atoms with E-state index in [1.165, 1.54) is 12.8 Å². The van der Waals surface area contributed by atoms with E-state index in [2.05, 4.69) is 0 Å². The molecule has 1 atom stereocenters. The smallest absolute Gasteiger partial charge is 0.311 e. The molecule has 6 nitrogen and oxygen atoms in total. The van der Waals surface area contributed by atoms with Gasteiger partial charge in [0.2, 0.25) is 0 Å². The zero-order valence-corrected chi connectivity index (χ0v) is 21.6. The summed E-state index contributed by atoms with van der Waals surface area (Å²) in [4.78, 5) is 23.6.